The second kappa shape index (κ2) is 5.62. The maximum atomic E-state index is 11.9. The molecule has 3 rings (SSSR count). The molecule has 0 aliphatic carbocycles. The monoisotopic (exact) mass is 344 g/mol. The quantitative estimate of drug-likeness (QED) is 0.689. The fourth-order valence-electron chi connectivity index (χ4n) is 1.98. The molecule has 1 N–H and O–H groups in total. The summed E-state index contributed by atoms with van der Waals surface area (Å²) in [5.41, 5.74) is 0. The number of aromatic nitrogens is 2. The van der Waals surface area contributed by atoms with E-state index in [1.807, 2.05) is 0 Å². The molecule has 2 amide bonds. The molecule has 1 aromatic rings. The van der Waals surface area contributed by atoms with E-state index in [9.17, 15) is 18.0 Å². The molecule has 2 aliphatic rings. The Morgan fingerprint density at radius 3 is 3.00 bits per heavy atom. The van der Waals surface area contributed by atoms with Gasteiger partial charge in [0.05, 0.1) is 19.0 Å². The molecule has 2 aliphatic heterocycles. The lowest BCUT2D eigenvalue weighted by atomic mass is 10.4. The summed E-state index contributed by atoms with van der Waals surface area (Å²) in [6.45, 7) is -0.409. The molecule has 1 aromatic heterocycles. The third-order valence-electron chi connectivity index (χ3n) is 2.94. The lowest BCUT2D eigenvalue weighted by molar-refractivity contribution is -0.118. The normalized spacial score (nSPS) is 20.6. The van der Waals surface area contributed by atoms with Crippen molar-refractivity contribution in [3.8, 4) is 5.88 Å². The fraction of sp³-hybridized carbons (Fsp3) is 0.455. The van der Waals surface area contributed by atoms with Crippen LogP contribution in [0.25, 0.3) is 0 Å². The molecule has 0 spiro atoms. The van der Waals surface area contributed by atoms with Crippen molar-refractivity contribution in [2.45, 2.75) is 6.10 Å². The van der Waals surface area contributed by atoms with E-state index < -0.39 is 22.3 Å². The van der Waals surface area contributed by atoms with E-state index in [2.05, 4.69) is 19.5 Å². The lowest BCUT2D eigenvalue weighted by Crippen LogP contribution is -2.30. The van der Waals surface area contributed by atoms with Gasteiger partial charge in [-0.25, -0.2) is 14.8 Å². The minimum absolute atomic E-state index is 0.0383. The summed E-state index contributed by atoms with van der Waals surface area (Å²) in [5.74, 6) is 0.00837. The molecule has 1 atom stereocenters. The zero-order valence-electron chi connectivity index (χ0n) is 11.9. The van der Waals surface area contributed by atoms with Gasteiger partial charge in [0, 0.05) is 0 Å². The molecule has 0 radical (unpaired) electrons. The first-order chi connectivity index (χ1) is 10.8. The standard InChI is InChI=1S/C11H12N4O7S/c1-23(18,19)21-4-6-3-15(11(17)22-6)7-2-12-10-9(13-7)14-8(16)5-20-10/h2,6H,3-5H2,1H3,(H,13,14,16). The Morgan fingerprint density at radius 2 is 2.26 bits per heavy atom. The Labute approximate surface area is 130 Å². The van der Waals surface area contributed by atoms with Crippen LogP contribution in [0.5, 0.6) is 5.88 Å². The summed E-state index contributed by atoms with van der Waals surface area (Å²) >= 11 is 0. The zero-order chi connectivity index (χ0) is 16.6. The number of fused-ring (bicyclic) bond motifs is 1. The topological polar surface area (TPSA) is 137 Å². The van der Waals surface area contributed by atoms with Crippen LogP contribution in [0.4, 0.5) is 16.4 Å². The first-order valence-electron chi connectivity index (χ1n) is 6.44. The number of ether oxygens (including phenoxy) is 2. The third-order valence-corrected chi connectivity index (χ3v) is 3.51. The number of hydrogen-bond acceptors (Lipinski definition) is 9. The van der Waals surface area contributed by atoms with Crippen LogP contribution in [0.1, 0.15) is 0 Å². The van der Waals surface area contributed by atoms with E-state index in [0.29, 0.717) is 0 Å². The van der Waals surface area contributed by atoms with Gasteiger partial charge in [0.1, 0.15) is 12.7 Å². The van der Waals surface area contributed by atoms with Crippen molar-refractivity contribution in [1.29, 1.82) is 0 Å². The number of amides is 2. The van der Waals surface area contributed by atoms with Gasteiger partial charge in [0.25, 0.3) is 21.9 Å². The summed E-state index contributed by atoms with van der Waals surface area (Å²) in [6.07, 6.45) is 0.710. The van der Waals surface area contributed by atoms with Crippen molar-refractivity contribution in [2.24, 2.45) is 0 Å². The molecule has 124 valence electrons. The van der Waals surface area contributed by atoms with Crippen molar-refractivity contribution < 1.29 is 31.7 Å². The van der Waals surface area contributed by atoms with Crippen molar-refractivity contribution in [3.05, 3.63) is 6.20 Å². The first-order valence-corrected chi connectivity index (χ1v) is 8.26. The lowest BCUT2D eigenvalue weighted by Gasteiger charge is -2.18. The van der Waals surface area contributed by atoms with E-state index >= 15 is 0 Å². The van der Waals surface area contributed by atoms with Crippen molar-refractivity contribution >= 4 is 33.8 Å². The second-order valence-electron chi connectivity index (χ2n) is 4.82. The van der Waals surface area contributed by atoms with Gasteiger partial charge < -0.3 is 14.8 Å². The number of carbonyl (C=O) groups excluding carboxylic acids is 2. The maximum absolute atomic E-state index is 11.9. The summed E-state index contributed by atoms with van der Waals surface area (Å²) in [5, 5.41) is 2.47. The minimum atomic E-state index is -3.63. The first kappa shape index (κ1) is 15.4. The van der Waals surface area contributed by atoms with Gasteiger partial charge in [-0.2, -0.15) is 8.42 Å². The van der Waals surface area contributed by atoms with Gasteiger partial charge in [-0.05, 0) is 0 Å². The van der Waals surface area contributed by atoms with Crippen molar-refractivity contribution in [3.63, 3.8) is 0 Å². The number of cyclic esters (lactones) is 1. The molecule has 0 bridgehead atoms. The average molecular weight is 344 g/mol. The summed E-state index contributed by atoms with van der Waals surface area (Å²) in [6, 6.07) is 0. The van der Waals surface area contributed by atoms with E-state index in [1.165, 1.54) is 6.20 Å². The molecule has 1 unspecified atom stereocenters. The molecule has 11 nitrogen and oxygen atoms in total. The van der Waals surface area contributed by atoms with Crippen LogP contribution in [0.2, 0.25) is 0 Å². The predicted molar refractivity (Wildman–Crippen MR) is 74.6 cm³/mol. The highest BCUT2D eigenvalue weighted by molar-refractivity contribution is 7.85. The Hall–Kier alpha value is -2.47. The summed E-state index contributed by atoms with van der Waals surface area (Å²) < 4.78 is 36.6. The SMILES string of the molecule is CS(=O)(=O)OCC1CN(c2cnc3c(n2)NC(=O)CO3)C(=O)O1. The number of carbonyl (C=O) groups is 2. The highest BCUT2D eigenvalue weighted by Crippen LogP contribution is 2.27. The van der Waals surface area contributed by atoms with Crippen molar-refractivity contribution in [2.75, 3.05) is 36.2 Å². The van der Waals surface area contributed by atoms with Gasteiger partial charge in [0.2, 0.25) is 0 Å². The predicted octanol–water partition coefficient (Wildman–Crippen LogP) is -0.891. The van der Waals surface area contributed by atoms with Crippen LogP contribution >= 0.6 is 0 Å². The molecule has 23 heavy (non-hydrogen) atoms. The Morgan fingerprint density at radius 1 is 1.48 bits per heavy atom. The Balaban J connectivity index is 1.73. The molecule has 0 saturated carbocycles. The van der Waals surface area contributed by atoms with E-state index in [-0.39, 0.29) is 43.2 Å². The maximum Gasteiger partial charge on any atom is 0.416 e. The average Bonchev–Trinajstić information content (AvgIpc) is 2.85. The highest BCUT2D eigenvalue weighted by Gasteiger charge is 2.35. The largest absolute Gasteiger partial charge is 0.465 e. The number of nitrogens with one attached hydrogen (secondary N) is 1. The number of hydrogen-bond donors (Lipinski definition) is 1. The van der Waals surface area contributed by atoms with E-state index in [0.717, 1.165) is 11.2 Å². The molecule has 0 aromatic carbocycles. The Kier molecular flexibility index (Phi) is 3.77. The Bertz CT molecular complexity index is 766. The molecule has 1 fully saturated rings. The van der Waals surface area contributed by atoms with Gasteiger partial charge in [-0.1, -0.05) is 0 Å². The zero-order valence-corrected chi connectivity index (χ0v) is 12.7. The smallest absolute Gasteiger partial charge is 0.416 e. The van der Waals surface area contributed by atoms with Crippen LogP contribution in [-0.2, 0) is 23.8 Å². The molecular weight excluding hydrogens is 332 g/mol. The second-order valence-corrected chi connectivity index (χ2v) is 6.47. The van der Waals surface area contributed by atoms with Crippen LogP contribution in [0.3, 0.4) is 0 Å². The number of nitrogens with zero attached hydrogens (tertiary/aromatic N) is 3. The summed E-state index contributed by atoms with van der Waals surface area (Å²) in [7, 11) is -3.63. The van der Waals surface area contributed by atoms with Crippen LogP contribution in [-0.4, -0.2) is 62.5 Å². The van der Waals surface area contributed by atoms with E-state index in [4.69, 9.17) is 9.47 Å². The molecule has 12 heteroatoms. The molecule has 3 heterocycles. The number of rotatable bonds is 4. The van der Waals surface area contributed by atoms with Crippen LogP contribution < -0.4 is 15.0 Å². The van der Waals surface area contributed by atoms with E-state index in [1.54, 1.807) is 0 Å². The number of anilines is 2. The van der Waals surface area contributed by atoms with Crippen LogP contribution in [0.15, 0.2) is 6.20 Å². The molecule has 1 saturated heterocycles. The third kappa shape index (κ3) is 3.48. The van der Waals surface area contributed by atoms with Gasteiger partial charge in [-0.3, -0.25) is 13.9 Å². The van der Waals surface area contributed by atoms with Crippen molar-refractivity contribution in [1.82, 2.24) is 9.97 Å². The summed E-state index contributed by atoms with van der Waals surface area (Å²) in [4.78, 5) is 32.3. The van der Waals surface area contributed by atoms with Gasteiger partial charge in [0.15, 0.2) is 18.2 Å². The van der Waals surface area contributed by atoms with Crippen LogP contribution in [0, 0.1) is 0 Å². The van der Waals surface area contributed by atoms with Gasteiger partial charge in [-0.15, -0.1) is 0 Å². The fourth-order valence-corrected chi connectivity index (χ4v) is 2.38. The molecular formula is C11H12N4O7S. The minimum Gasteiger partial charge on any atom is -0.465 e. The highest BCUT2D eigenvalue weighted by atomic mass is 32.2. The van der Waals surface area contributed by atoms with Gasteiger partial charge >= 0.3 is 6.09 Å².